The Morgan fingerprint density at radius 1 is 1.47 bits per heavy atom. The fourth-order valence-corrected chi connectivity index (χ4v) is 2.63. The summed E-state index contributed by atoms with van der Waals surface area (Å²) in [5.74, 6) is 0.0978. The van der Waals surface area contributed by atoms with E-state index < -0.39 is 0 Å². The third kappa shape index (κ3) is 2.54. The van der Waals surface area contributed by atoms with E-state index in [0.29, 0.717) is 46.9 Å². The van der Waals surface area contributed by atoms with Gasteiger partial charge in [0.05, 0.1) is 47.1 Å². The van der Waals surface area contributed by atoms with Gasteiger partial charge in [-0.15, -0.1) is 0 Å². The number of aromatic nitrogens is 2. The van der Waals surface area contributed by atoms with E-state index in [1.165, 1.54) is 6.07 Å². The van der Waals surface area contributed by atoms with Crippen molar-refractivity contribution < 1.29 is 13.9 Å². The van der Waals surface area contributed by atoms with Crippen LogP contribution in [0.4, 0.5) is 10.3 Å². The van der Waals surface area contributed by atoms with Crippen molar-refractivity contribution in [3.63, 3.8) is 0 Å². The minimum Gasteiger partial charge on any atom is -0.376 e. The zero-order valence-electron chi connectivity index (χ0n) is 10.1. The normalized spacial score (nSPS) is 20.0. The SMILES string of the molecule is Nc1nc2cc(I)c(F)cc2n1CC1COCCO1. The molecule has 2 aromatic rings. The highest BCUT2D eigenvalue weighted by Crippen LogP contribution is 2.23. The zero-order valence-corrected chi connectivity index (χ0v) is 12.3. The van der Waals surface area contributed by atoms with Gasteiger partial charge in [0.25, 0.3) is 0 Å². The maximum atomic E-state index is 13.7. The lowest BCUT2D eigenvalue weighted by Crippen LogP contribution is -2.32. The summed E-state index contributed by atoms with van der Waals surface area (Å²) in [4.78, 5) is 4.25. The molecule has 2 heterocycles. The molecule has 5 nitrogen and oxygen atoms in total. The van der Waals surface area contributed by atoms with E-state index in [4.69, 9.17) is 15.2 Å². The third-order valence-electron chi connectivity index (χ3n) is 3.09. The van der Waals surface area contributed by atoms with Crippen molar-refractivity contribution >= 4 is 39.6 Å². The fourth-order valence-electron chi connectivity index (χ4n) is 2.18. The second kappa shape index (κ2) is 5.22. The maximum Gasteiger partial charge on any atom is 0.201 e. The Morgan fingerprint density at radius 3 is 3.05 bits per heavy atom. The predicted molar refractivity (Wildman–Crippen MR) is 77.4 cm³/mol. The molecule has 1 aliphatic rings. The highest BCUT2D eigenvalue weighted by Gasteiger charge is 2.19. The lowest BCUT2D eigenvalue weighted by atomic mass is 10.3. The largest absolute Gasteiger partial charge is 0.376 e. The van der Waals surface area contributed by atoms with E-state index in [-0.39, 0.29) is 11.9 Å². The molecule has 1 aromatic carbocycles. The van der Waals surface area contributed by atoms with Crippen molar-refractivity contribution in [2.75, 3.05) is 25.6 Å². The van der Waals surface area contributed by atoms with Crippen LogP contribution in [-0.2, 0) is 16.0 Å². The van der Waals surface area contributed by atoms with Crippen LogP contribution in [0.15, 0.2) is 12.1 Å². The Balaban J connectivity index is 1.97. The number of ether oxygens (including phenoxy) is 2. The summed E-state index contributed by atoms with van der Waals surface area (Å²) in [7, 11) is 0. The number of nitrogen functional groups attached to an aromatic ring is 1. The van der Waals surface area contributed by atoms with Gasteiger partial charge in [0, 0.05) is 6.07 Å². The van der Waals surface area contributed by atoms with Gasteiger partial charge < -0.3 is 19.8 Å². The lowest BCUT2D eigenvalue weighted by molar-refractivity contribution is -0.0930. The second-order valence-corrected chi connectivity index (χ2v) is 5.57. The summed E-state index contributed by atoms with van der Waals surface area (Å²) < 4.78 is 26.9. The monoisotopic (exact) mass is 377 g/mol. The van der Waals surface area contributed by atoms with Crippen LogP contribution in [0.5, 0.6) is 0 Å². The maximum absolute atomic E-state index is 13.7. The van der Waals surface area contributed by atoms with Gasteiger partial charge in [0.1, 0.15) is 5.82 Å². The van der Waals surface area contributed by atoms with Crippen LogP contribution in [0.3, 0.4) is 0 Å². The van der Waals surface area contributed by atoms with Crippen molar-refractivity contribution in [3.8, 4) is 0 Å². The number of imidazole rings is 1. The van der Waals surface area contributed by atoms with Crippen molar-refractivity contribution in [3.05, 3.63) is 21.5 Å². The molecular formula is C12H13FIN3O2. The van der Waals surface area contributed by atoms with Gasteiger partial charge in [-0.25, -0.2) is 9.37 Å². The van der Waals surface area contributed by atoms with Gasteiger partial charge in [-0.05, 0) is 28.7 Å². The highest BCUT2D eigenvalue weighted by atomic mass is 127. The lowest BCUT2D eigenvalue weighted by Gasteiger charge is -2.23. The molecule has 1 unspecified atom stereocenters. The Labute approximate surface area is 123 Å². The summed E-state index contributed by atoms with van der Waals surface area (Å²) in [5, 5.41) is 0. The first-order chi connectivity index (χ1) is 9.15. The predicted octanol–water partition coefficient (Wildman–Crippen LogP) is 1.78. The standard InChI is InChI=1S/C12H13FIN3O2/c13-8-3-11-10(4-9(8)14)16-12(15)17(11)5-7-6-18-1-2-19-7/h3-4,7H,1-2,5-6H2,(H2,15,16). The topological polar surface area (TPSA) is 62.3 Å². The minimum atomic E-state index is -0.268. The number of rotatable bonds is 2. The van der Waals surface area contributed by atoms with Gasteiger partial charge in [-0.1, -0.05) is 0 Å². The molecule has 7 heteroatoms. The number of hydrogen-bond acceptors (Lipinski definition) is 4. The van der Waals surface area contributed by atoms with Crippen LogP contribution >= 0.6 is 22.6 Å². The van der Waals surface area contributed by atoms with Gasteiger partial charge in [0.2, 0.25) is 5.95 Å². The average Bonchev–Trinajstić information content (AvgIpc) is 2.68. The van der Waals surface area contributed by atoms with Gasteiger partial charge in [-0.2, -0.15) is 0 Å². The van der Waals surface area contributed by atoms with Crippen molar-refractivity contribution in [1.82, 2.24) is 9.55 Å². The molecule has 0 spiro atoms. The van der Waals surface area contributed by atoms with Crippen LogP contribution < -0.4 is 5.73 Å². The first-order valence-electron chi connectivity index (χ1n) is 5.95. The summed E-state index contributed by atoms with van der Waals surface area (Å²) >= 11 is 1.94. The number of benzene rings is 1. The van der Waals surface area contributed by atoms with Crippen LogP contribution in [0.1, 0.15) is 0 Å². The van der Waals surface area contributed by atoms with Crippen LogP contribution in [0, 0.1) is 9.39 Å². The first-order valence-corrected chi connectivity index (χ1v) is 7.03. The van der Waals surface area contributed by atoms with Crippen molar-refractivity contribution in [2.45, 2.75) is 12.6 Å². The van der Waals surface area contributed by atoms with E-state index in [9.17, 15) is 4.39 Å². The molecule has 1 fully saturated rings. The molecule has 0 aliphatic carbocycles. The Kier molecular flexibility index (Phi) is 3.59. The molecule has 102 valence electrons. The van der Waals surface area contributed by atoms with Gasteiger partial charge >= 0.3 is 0 Å². The molecule has 19 heavy (non-hydrogen) atoms. The number of fused-ring (bicyclic) bond motifs is 1. The molecule has 0 amide bonds. The van der Waals surface area contributed by atoms with Crippen LogP contribution in [0.2, 0.25) is 0 Å². The smallest absolute Gasteiger partial charge is 0.201 e. The van der Waals surface area contributed by atoms with Crippen molar-refractivity contribution in [2.24, 2.45) is 0 Å². The van der Waals surface area contributed by atoms with Crippen molar-refractivity contribution in [1.29, 1.82) is 0 Å². The van der Waals surface area contributed by atoms with E-state index in [1.807, 2.05) is 22.6 Å². The second-order valence-electron chi connectivity index (χ2n) is 4.40. The molecular weight excluding hydrogens is 364 g/mol. The molecule has 2 N–H and O–H groups in total. The fraction of sp³-hybridized carbons (Fsp3) is 0.417. The molecule has 0 radical (unpaired) electrons. The molecule has 3 rings (SSSR count). The van der Waals surface area contributed by atoms with E-state index in [2.05, 4.69) is 4.98 Å². The number of anilines is 1. The van der Waals surface area contributed by atoms with Crippen LogP contribution in [-0.4, -0.2) is 35.5 Å². The summed E-state index contributed by atoms with van der Waals surface area (Å²) in [5.41, 5.74) is 7.28. The molecule has 0 bridgehead atoms. The third-order valence-corrected chi connectivity index (χ3v) is 3.92. The number of nitrogens with two attached hydrogens (primary N) is 1. The molecule has 0 saturated carbocycles. The highest BCUT2D eigenvalue weighted by molar-refractivity contribution is 14.1. The molecule has 1 aliphatic heterocycles. The van der Waals surface area contributed by atoms with E-state index in [0.717, 1.165) is 0 Å². The van der Waals surface area contributed by atoms with Crippen LogP contribution in [0.25, 0.3) is 11.0 Å². The molecule has 1 aromatic heterocycles. The average molecular weight is 377 g/mol. The Bertz CT molecular complexity index is 611. The van der Waals surface area contributed by atoms with E-state index in [1.54, 1.807) is 10.6 Å². The Hall–Kier alpha value is -0.930. The number of hydrogen-bond donors (Lipinski definition) is 1. The van der Waals surface area contributed by atoms with Gasteiger partial charge in [0.15, 0.2) is 0 Å². The first kappa shape index (κ1) is 13.1. The zero-order chi connectivity index (χ0) is 13.4. The molecule has 1 saturated heterocycles. The summed E-state index contributed by atoms with van der Waals surface area (Å²) in [6, 6.07) is 3.15. The summed E-state index contributed by atoms with van der Waals surface area (Å²) in [6.45, 7) is 2.22. The molecule has 1 atom stereocenters. The Morgan fingerprint density at radius 2 is 2.32 bits per heavy atom. The van der Waals surface area contributed by atoms with Gasteiger partial charge in [-0.3, -0.25) is 0 Å². The quantitative estimate of drug-likeness (QED) is 0.811. The van der Waals surface area contributed by atoms with E-state index >= 15 is 0 Å². The summed E-state index contributed by atoms with van der Waals surface area (Å²) in [6.07, 6.45) is -0.0733. The number of halogens is 2. The minimum absolute atomic E-state index is 0.0733. The number of nitrogens with zero attached hydrogens (tertiary/aromatic N) is 2.